The van der Waals surface area contributed by atoms with E-state index in [4.69, 9.17) is 4.98 Å². The highest BCUT2D eigenvalue weighted by Crippen LogP contribution is 2.30. The molecule has 37 heavy (non-hydrogen) atoms. The van der Waals surface area contributed by atoms with Crippen molar-refractivity contribution in [2.45, 2.75) is 51.7 Å². The Kier molecular flexibility index (Phi) is 7.46. The minimum atomic E-state index is -0.867. The van der Waals surface area contributed by atoms with Crippen molar-refractivity contribution >= 4 is 6.03 Å². The molecule has 3 heterocycles. The quantitative estimate of drug-likeness (QED) is 0.528. The molecule has 0 spiro atoms. The highest BCUT2D eigenvalue weighted by molar-refractivity contribution is 5.75. The number of aromatic nitrogens is 2. The lowest BCUT2D eigenvalue weighted by atomic mass is 9.94. The molecule has 1 saturated heterocycles. The molecule has 2 aliphatic rings. The molecule has 1 fully saturated rings. The van der Waals surface area contributed by atoms with Gasteiger partial charge in [0.05, 0.1) is 18.3 Å². The van der Waals surface area contributed by atoms with Crippen molar-refractivity contribution < 1.29 is 13.6 Å². The number of halogens is 2. The van der Waals surface area contributed by atoms with E-state index in [0.29, 0.717) is 44.1 Å². The Hall–Kier alpha value is -3.39. The lowest BCUT2D eigenvalue weighted by Gasteiger charge is -2.30. The number of nitrogens with one attached hydrogen (secondary N) is 1. The smallest absolute Gasteiger partial charge is 0.318 e. The fourth-order valence-corrected chi connectivity index (χ4v) is 5.31. The Morgan fingerprint density at radius 3 is 2.68 bits per heavy atom. The molecular formula is C29H33F2N5O. The maximum atomic E-state index is 14.1. The van der Waals surface area contributed by atoms with Crippen LogP contribution in [0.2, 0.25) is 0 Å². The zero-order valence-corrected chi connectivity index (χ0v) is 21.3. The van der Waals surface area contributed by atoms with Crippen molar-refractivity contribution in [3.8, 4) is 0 Å². The molecule has 3 aromatic rings. The van der Waals surface area contributed by atoms with Gasteiger partial charge in [0.2, 0.25) is 0 Å². The number of amides is 2. The van der Waals surface area contributed by atoms with Crippen LogP contribution in [0, 0.1) is 17.6 Å². The summed E-state index contributed by atoms with van der Waals surface area (Å²) in [5.74, 6) is -0.625. The topological polar surface area (TPSA) is 61.4 Å². The molecule has 6 nitrogen and oxygen atoms in total. The number of hydrogen-bond acceptors (Lipinski definition) is 4. The molecule has 2 atom stereocenters. The van der Waals surface area contributed by atoms with Gasteiger partial charge in [-0.15, -0.1) is 0 Å². The Morgan fingerprint density at radius 2 is 1.92 bits per heavy atom. The molecule has 0 saturated carbocycles. The second kappa shape index (κ2) is 10.9. The first-order chi connectivity index (χ1) is 17.9. The van der Waals surface area contributed by atoms with E-state index < -0.39 is 11.6 Å². The number of nitrogens with zero attached hydrogens (tertiary/aromatic N) is 4. The van der Waals surface area contributed by atoms with Gasteiger partial charge in [0.25, 0.3) is 0 Å². The van der Waals surface area contributed by atoms with Crippen LogP contribution in [0.4, 0.5) is 13.6 Å². The maximum Gasteiger partial charge on any atom is 0.318 e. The first-order valence-corrected chi connectivity index (χ1v) is 13.0. The Labute approximate surface area is 216 Å². The molecule has 0 unspecified atom stereocenters. The summed E-state index contributed by atoms with van der Waals surface area (Å²) >= 11 is 0. The first kappa shape index (κ1) is 25.3. The third kappa shape index (κ3) is 5.96. The van der Waals surface area contributed by atoms with Crippen molar-refractivity contribution in [3.05, 3.63) is 94.6 Å². The van der Waals surface area contributed by atoms with Crippen LogP contribution in [0.3, 0.4) is 0 Å². The van der Waals surface area contributed by atoms with Gasteiger partial charge in [0.1, 0.15) is 5.82 Å². The number of rotatable bonds is 6. The average Bonchev–Trinajstić information content (AvgIpc) is 3.27. The minimum absolute atomic E-state index is 0.153. The van der Waals surface area contributed by atoms with Crippen molar-refractivity contribution in [2.24, 2.45) is 5.92 Å². The SMILES string of the molecule is CC(C)Cc1ncc2c(n1)CN(C(=O)N[C@@H]1CN(Cc3ccccc3)C[C@H]1c1ccc(F)c(F)c1)CC2. The molecule has 194 valence electrons. The number of fused-ring (bicyclic) bond motifs is 1. The summed E-state index contributed by atoms with van der Waals surface area (Å²) in [6.07, 6.45) is 3.41. The number of carbonyl (C=O) groups excluding carboxylic acids is 1. The van der Waals surface area contributed by atoms with Gasteiger partial charge in [-0.2, -0.15) is 0 Å². The molecule has 0 bridgehead atoms. The number of urea groups is 1. The van der Waals surface area contributed by atoms with E-state index >= 15 is 0 Å². The highest BCUT2D eigenvalue weighted by atomic mass is 19.2. The Morgan fingerprint density at radius 1 is 1.11 bits per heavy atom. The van der Waals surface area contributed by atoms with E-state index in [1.54, 1.807) is 11.0 Å². The van der Waals surface area contributed by atoms with Crippen molar-refractivity contribution in [2.75, 3.05) is 19.6 Å². The van der Waals surface area contributed by atoms with Crippen LogP contribution in [-0.2, 0) is 25.9 Å². The summed E-state index contributed by atoms with van der Waals surface area (Å²) in [6, 6.07) is 13.8. The van der Waals surface area contributed by atoms with E-state index in [-0.39, 0.29) is 18.0 Å². The van der Waals surface area contributed by atoms with Crippen LogP contribution in [0.25, 0.3) is 0 Å². The number of benzene rings is 2. The molecular weight excluding hydrogens is 472 g/mol. The predicted molar refractivity (Wildman–Crippen MR) is 138 cm³/mol. The van der Waals surface area contributed by atoms with Gasteiger partial charge in [-0.05, 0) is 41.2 Å². The van der Waals surface area contributed by atoms with Gasteiger partial charge in [0, 0.05) is 44.7 Å². The Balaban J connectivity index is 1.31. The summed E-state index contributed by atoms with van der Waals surface area (Å²) in [4.78, 5) is 26.7. The number of hydrogen-bond donors (Lipinski definition) is 1. The van der Waals surface area contributed by atoms with Crippen LogP contribution in [0.15, 0.2) is 54.7 Å². The van der Waals surface area contributed by atoms with Crippen LogP contribution in [0.1, 0.15) is 48.0 Å². The monoisotopic (exact) mass is 505 g/mol. The fraction of sp³-hybridized carbons (Fsp3) is 0.414. The van der Waals surface area contributed by atoms with Crippen molar-refractivity contribution in [1.29, 1.82) is 0 Å². The second-order valence-electron chi connectivity index (χ2n) is 10.5. The molecule has 0 aliphatic carbocycles. The third-order valence-electron chi connectivity index (χ3n) is 7.20. The first-order valence-electron chi connectivity index (χ1n) is 13.0. The average molecular weight is 506 g/mol. The number of carbonyl (C=O) groups is 1. The van der Waals surface area contributed by atoms with E-state index in [9.17, 15) is 13.6 Å². The normalized spacial score (nSPS) is 19.8. The lowest BCUT2D eigenvalue weighted by molar-refractivity contribution is 0.186. The van der Waals surface area contributed by atoms with Crippen molar-refractivity contribution in [3.63, 3.8) is 0 Å². The molecule has 2 amide bonds. The molecule has 1 aromatic heterocycles. The van der Waals surface area contributed by atoms with Crippen LogP contribution >= 0.6 is 0 Å². The van der Waals surface area contributed by atoms with E-state index in [2.05, 4.69) is 41.2 Å². The standard InChI is InChI=1S/C29H33F2N5O/c1-19(2)12-28-32-14-22-10-11-36(18-26(22)33-28)29(37)34-27-17-35(15-20-6-4-3-5-7-20)16-23(27)21-8-9-24(30)25(31)13-21/h3-9,13-14,19,23,27H,10-12,15-18H2,1-2H3,(H,34,37)/t23-,27+/m0/s1. The van der Waals surface area contributed by atoms with Crippen LogP contribution in [-0.4, -0.2) is 51.5 Å². The van der Waals surface area contributed by atoms with Gasteiger partial charge in [-0.1, -0.05) is 50.2 Å². The summed E-state index contributed by atoms with van der Waals surface area (Å²) in [5, 5.41) is 3.21. The summed E-state index contributed by atoms with van der Waals surface area (Å²) in [5.41, 5.74) is 3.85. The third-order valence-corrected chi connectivity index (χ3v) is 7.20. The Bertz CT molecular complexity index is 1250. The van der Waals surface area contributed by atoms with Crippen LogP contribution < -0.4 is 5.32 Å². The van der Waals surface area contributed by atoms with Gasteiger partial charge in [-0.25, -0.2) is 23.5 Å². The summed E-state index contributed by atoms with van der Waals surface area (Å²) in [7, 11) is 0. The lowest BCUT2D eigenvalue weighted by Crippen LogP contribution is -2.49. The van der Waals surface area contributed by atoms with E-state index in [1.807, 2.05) is 24.4 Å². The molecule has 2 aromatic carbocycles. The minimum Gasteiger partial charge on any atom is -0.333 e. The van der Waals surface area contributed by atoms with E-state index in [1.165, 1.54) is 17.7 Å². The van der Waals surface area contributed by atoms with Crippen LogP contribution in [0.5, 0.6) is 0 Å². The van der Waals surface area contributed by atoms with Gasteiger partial charge < -0.3 is 10.2 Å². The zero-order valence-electron chi connectivity index (χ0n) is 21.3. The summed E-state index contributed by atoms with van der Waals surface area (Å²) in [6.45, 7) is 7.27. The molecule has 8 heteroatoms. The molecule has 5 rings (SSSR count). The maximum absolute atomic E-state index is 14.1. The fourth-order valence-electron chi connectivity index (χ4n) is 5.31. The molecule has 1 N–H and O–H groups in total. The zero-order chi connectivity index (χ0) is 25.9. The predicted octanol–water partition coefficient (Wildman–Crippen LogP) is 4.69. The summed E-state index contributed by atoms with van der Waals surface area (Å²) < 4.78 is 27.8. The highest BCUT2D eigenvalue weighted by Gasteiger charge is 2.36. The number of likely N-dealkylation sites (tertiary alicyclic amines) is 1. The van der Waals surface area contributed by atoms with Gasteiger partial charge >= 0.3 is 6.03 Å². The van der Waals surface area contributed by atoms with E-state index in [0.717, 1.165) is 30.0 Å². The van der Waals surface area contributed by atoms with Crippen molar-refractivity contribution in [1.82, 2.24) is 25.1 Å². The molecule has 0 radical (unpaired) electrons. The van der Waals surface area contributed by atoms with Gasteiger partial charge in [-0.3, -0.25) is 4.90 Å². The van der Waals surface area contributed by atoms with Gasteiger partial charge in [0.15, 0.2) is 11.6 Å². The largest absolute Gasteiger partial charge is 0.333 e. The second-order valence-corrected chi connectivity index (χ2v) is 10.5. The molecule has 2 aliphatic heterocycles.